The monoisotopic (exact) mass is 594 g/mol. The quantitative estimate of drug-likeness (QED) is 0.190. The number of fused-ring (bicyclic) bond motifs is 1. The first-order chi connectivity index (χ1) is 20.9. The number of hydrogen-bond donors (Lipinski definition) is 1. The minimum absolute atomic E-state index is 0.0690. The van der Waals surface area contributed by atoms with E-state index in [1.54, 1.807) is 13.8 Å². The van der Waals surface area contributed by atoms with Crippen molar-refractivity contribution in [1.29, 1.82) is 0 Å². The maximum Gasteiger partial charge on any atom is 0.349 e. The van der Waals surface area contributed by atoms with Crippen molar-refractivity contribution < 1.29 is 19.1 Å². The van der Waals surface area contributed by atoms with Crippen LogP contribution in [0, 0.1) is 12.8 Å². The van der Waals surface area contributed by atoms with Gasteiger partial charge in [-0.2, -0.15) is 0 Å². The van der Waals surface area contributed by atoms with Crippen LogP contribution in [0.4, 0.5) is 0 Å². The van der Waals surface area contributed by atoms with Gasteiger partial charge in [0.05, 0.1) is 7.11 Å². The van der Waals surface area contributed by atoms with E-state index in [0.29, 0.717) is 30.2 Å². The van der Waals surface area contributed by atoms with Crippen LogP contribution in [-0.4, -0.2) is 29.2 Å². The Morgan fingerprint density at radius 1 is 0.932 bits per heavy atom. The summed E-state index contributed by atoms with van der Waals surface area (Å²) in [4.78, 5) is 25.5. The van der Waals surface area contributed by atoms with Crippen LogP contribution in [-0.2, 0) is 34.5 Å². The molecular weight excluding hydrogens is 548 g/mol. The fraction of sp³-hybridized carbons (Fsp3) is 0.421. The van der Waals surface area contributed by atoms with Crippen molar-refractivity contribution in [2.75, 3.05) is 7.11 Å². The number of aromatic nitrogens is 1. The first-order valence-electron chi connectivity index (χ1n) is 15.7. The van der Waals surface area contributed by atoms with Crippen LogP contribution in [0.5, 0.6) is 5.75 Å². The molecule has 4 aromatic rings. The van der Waals surface area contributed by atoms with Gasteiger partial charge in [-0.3, -0.25) is 4.79 Å². The standard InChI is InChI=1S/C38H46N2O4/c1-25-33(21-28-12-9-13-31(20-28)44-38(5,6)36(42)43-7)32-19-16-29(22-34(32)40(25)24-27-10-8-11-27)35(41)39-23-26-14-17-30(18-15-26)37(2,3)4/h9,12-20,22,27H,8,10-11,21,23-24H2,1-7H3,(H,39,41). The third kappa shape index (κ3) is 6.85. The molecule has 0 aliphatic heterocycles. The number of amides is 1. The van der Waals surface area contributed by atoms with Crippen LogP contribution in [0.2, 0.25) is 0 Å². The molecule has 1 aliphatic carbocycles. The van der Waals surface area contributed by atoms with E-state index >= 15 is 0 Å². The second kappa shape index (κ2) is 12.5. The SMILES string of the molecule is COC(=O)C(C)(C)Oc1cccc(Cc2c(C)n(CC3CCC3)c3cc(C(=O)NCc4ccc(C(C)(C)C)cc4)ccc23)c1. The van der Waals surface area contributed by atoms with Crippen molar-refractivity contribution in [3.05, 3.63) is 100 Å². The van der Waals surface area contributed by atoms with Gasteiger partial charge in [0.2, 0.25) is 0 Å². The van der Waals surface area contributed by atoms with Gasteiger partial charge in [-0.1, -0.05) is 69.7 Å². The molecule has 232 valence electrons. The van der Waals surface area contributed by atoms with Crippen LogP contribution in [0.1, 0.15) is 92.2 Å². The molecule has 5 rings (SSSR count). The molecule has 0 atom stereocenters. The van der Waals surface area contributed by atoms with E-state index < -0.39 is 11.6 Å². The minimum Gasteiger partial charge on any atom is -0.476 e. The Bertz CT molecular complexity index is 1650. The lowest BCUT2D eigenvalue weighted by atomic mass is 9.85. The highest BCUT2D eigenvalue weighted by atomic mass is 16.6. The lowest BCUT2D eigenvalue weighted by Crippen LogP contribution is -2.39. The summed E-state index contributed by atoms with van der Waals surface area (Å²) in [5.74, 6) is 0.806. The lowest BCUT2D eigenvalue weighted by molar-refractivity contribution is -0.156. The number of nitrogens with zero attached hydrogens (tertiary/aromatic N) is 1. The van der Waals surface area contributed by atoms with E-state index in [2.05, 4.69) is 80.0 Å². The van der Waals surface area contributed by atoms with Crippen LogP contribution < -0.4 is 10.1 Å². The molecule has 0 saturated heterocycles. The number of carbonyl (C=O) groups excluding carboxylic acids is 2. The van der Waals surface area contributed by atoms with Crippen molar-refractivity contribution in [2.45, 2.75) is 91.3 Å². The second-order valence-corrected chi connectivity index (χ2v) is 13.8. The average molecular weight is 595 g/mol. The summed E-state index contributed by atoms with van der Waals surface area (Å²) in [5, 5.41) is 4.29. The highest BCUT2D eigenvalue weighted by molar-refractivity contribution is 5.99. The lowest BCUT2D eigenvalue weighted by Gasteiger charge is -2.27. The number of ether oxygens (including phenoxy) is 2. The number of hydrogen-bond acceptors (Lipinski definition) is 4. The van der Waals surface area contributed by atoms with Gasteiger partial charge in [-0.25, -0.2) is 4.79 Å². The molecule has 6 nitrogen and oxygen atoms in total. The van der Waals surface area contributed by atoms with Gasteiger partial charge in [0.15, 0.2) is 5.60 Å². The second-order valence-electron chi connectivity index (χ2n) is 13.8. The molecule has 0 spiro atoms. The smallest absolute Gasteiger partial charge is 0.349 e. The third-order valence-corrected chi connectivity index (χ3v) is 8.99. The average Bonchev–Trinajstić information content (AvgIpc) is 3.22. The van der Waals surface area contributed by atoms with Crippen LogP contribution in [0.25, 0.3) is 10.9 Å². The number of rotatable bonds is 10. The van der Waals surface area contributed by atoms with Gasteiger partial charge in [0, 0.05) is 35.2 Å². The van der Waals surface area contributed by atoms with Crippen molar-refractivity contribution in [3.8, 4) is 5.75 Å². The largest absolute Gasteiger partial charge is 0.476 e. The number of methoxy groups -OCH3 is 1. The fourth-order valence-electron chi connectivity index (χ4n) is 5.99. The minimum atomic E-state index is -1.09. The fourth-order valence-corrected chi connectivity index (χ4v) is 5.99. The zero-order valence-electron chi connectivity index (χ0n) is 27.3. The van der Waals surface area contributed by atoms with Crippen molar-refractivity contribution in [1.82, 2.24) is 9.88 Å². The zero-order valence-corrected chi connectivity index (χ0v) is 27.3. The Kier molecular flexibility index (Phi) is 8.92. The third-order valence-electron chi connectivity index (χ3n) is 8.99. The molecule has 1 aromatic heterocycles. The molecule has 1 fully saturated rings. The van der Waals surface area contributed by atoms with Crippen LogP contribution in [0.15, 0.2) is 66.7 Å². The summed E-state index contributed by atoms with van der Waals surface area (Å²) in [6.45, 7) is 13.7. The molecule has 1 N–H and O–H groups in total. The maximum atomic E-state index is 13.3. The Morgan fingerprint density at radius 2 is 1.66 bits per heavy atom. The molecule has 44 heavy (non-hydrogen) atoms. The van der Waals surface area contributed by atoms with Gasteiger partial charge >= 0.3 is 5.97 Å². The molecule has 1 aliphatic rings. The zero-order chi connectivity index (χ0) is 31.6. The van der Waals surface area contributed by atoms with Crippen molar-refractivity contribution in [2.24, 2.45) is 5.92 Å². The number of carbonyl (C=O) groups is 2. The van der Waals surface area contributed by atoms with E-state index in [1.165, 1.54) is 43.2 Å². The topological polar surface area (TPSA) is 69.6 Å². The van der Waals surface area contributed by atoms with Crippen LogP contribution >= 0.6 is 0 Å². The normalized spacial score (nSPS) is 13.9. The molecule has 6 heteroatoms. The molecular formula is C38H46N2O4. The van der Waals surface area contributed by atoms with Crippen LogP contribution in [0.3, 0.4) is 0 Å². The molecule has 0 unspecified atom stereocenters. The van der Waals surface area contributed by atoms with Gasteiger partial charge in [-0.15, -0.1) is 0 Å². The van der Waals surface area contributed by atoms with E-state index in [-0.39, 0.29) is 11.3 Å². The number of nitrogens with one attached hydrogen (secondary N) is 1. The molecule has 0 radical (unpaired) electrons. The first-order valence-corrected chi connectivity index (χ1v) is 15.7. The summed E-state index contributed by atoms with van der Waals surface area (Å²) >= 11 is 0. The van der Waals surface area contributed by atoms with E-state index in [0.717, 1.165) is 28.6 Å². The Morgan fingerprint density at radius 3 is 2.30 bits per heavy atom. The molecule has 1 amide bonds. The highest BCUT2D eigenvalue weighted by Gasteiger charge is 2.31. The maximum absolute atomic E-state index is 13.3. The predicted molar refractivity (Wildman–Crippen MR) is 176 cm³/mol. The number of esters is 1. The van der Waals surface area contributed by atoms with Gasteiger partial charge in [0.25, 0.3) is 5.91 Å². The van der Waals surface area contributed by atoms with E-state index in [9.17, 15) is 9.59 Å². The molecule has 1 heterocycles. The van der Waals surface area contributed by atoms with Crippen molar-refractivity contribution >= 4 is 22.8 Å². The first kappa shape index (κ1) is 31.4. The Balaban J connectivity index is 1.39. The molecule has 0 bridgehead atoms. The van der Waals surface area contributed by atoms with Gasteiger partial charge in [-0.05, 0) is 97.9 Å². The molecule has 1 saturated carbocycles. The molecule has 3 aromatic carbocycles. The van der Waals surface area contributed by atoms with Gasteiger partial charge in [0.1, 0.15) is 5.75 Å². The Hall–Kier alpha value is -4.06. The van der Waals surface area contributed by atoms with E-state index in [4.69, 9.17) is 9.47 Å². The Labute approximate surface area is 261 Å². The summed E-state index contributed by atoms with van der Waals surface area (Å²) in [7, 11) is 1.37. The summed E-state index contributed by atoms with van der Waals surface area (Å²) in [5.41, 5.74) is 6.71. The summed E-state index contributed by atoms with van der Waals surface area (Å²) in [6.07, 6.45) is 4.50. The van der Waals surface area contributed by atoms with E-state index in [1.807, 2.05) is 24.3 Å². The number of benzene rings is 3. The summed E-state index contributed by atoms with van der Waals surface area (Å²) < 4.78 is 13.3. The van der Waals surface area contributed by atoms with Gasteiger partial charge < -0.3 is 19.4 Å². The van der Waals surface area contributed by atoms with Crippen molar-refractivity contribution in [3.63, 3.8) is 0 Å². The summed E-state index contributed by atoms with van der Waals surface area (Å²) in [6, 6.07) is 22.5. The predicted octanol–water partition coefficient (Wildman–Crippen LogP) is 7.90. The highest BCUT2D eigenvalue weighted by Crippen LogP contribution is 2.35.